The second kappa shape index (κ2) is 8.18. The van der Waals surface area contributed by atoms with E-state index in [0.717, 1.165) is 5.56 Å². The number of nitro groups is 1. The summed E-state index contributed by atoms with van der Waals surface area (Å²) in [6.07, 6.45) is 0.249. The topological polar surface area (TPSA) is 172 Å². The van der Waals surface area contributed by atoms with E-state index in [2.05, 4.69) is 15.0 Å². The second-order valence-electron chi connectivity index (χ2n) is 6.85. The average molecular weight is 416 g/mol. The number of hydrogen-bond donors (Lipinski definition) is 3. The minimum absolute atomic E-state index is 0.00756. The molecule has 0 aliphatic carbocycles. The van der Waals surface area contributed by atoms with Gasteiger partial charge in [0.1, 0.15) is 12.3 Å². The highest BCUT2D eigenvalue weighted by Gasteiger charge is 2.35. The molecule has 0 amide bonds. The van der Waals surface area contributed by atoms with Gasteiger partial charge in [0.2, 0.25) is 11.8 Å². The van der Waals surface area contributed by atoms with Crippen LogP contribution in [-0.4, -0.2) is 60.1 Å². The minimum atomic E-state index is -0.797. The Bertz CT molecular complexity index is 1060. The van der Waals surface area contributed by atoms with Gasteiger partial charge < -0.3 is 25.4 Å². The zero-order chi connectivity index (χ0) is 21.3. The van der Waals surface area contributed by atoms with Crippen molar-refractivity contribution in [2.45, 2.75) is 31.3 Å². The zero-order valence-electron chi connectivity index (χ0n) is 15.8. The van der Waals surface area contributed by atoms with Crippen molar-refractivity contribution in [3.63, 3.8) is 0 Å². The van der Waals surface area contributed by atoms with E-state index >= 15 is 0 Å². The molecule has 4 N–H and O–H groups in total. The molecule has 1 aliphatic heterocycles. The number of aliphatic hydroxyl groups is 2. The molecule has 0 bridgehead atoms. The van der Waals surface area contributed by atoms with Gasteiger partial charge in [-0.3, -0.25) is 14.7 Å². The van der Waals surface area contributed by atoms with Crippen molar-refractivity contribution in [2.24, 2.45) is 0 Å². The van der Waals surface area contributed by atoms with Crippen molar-refractivity contribution in [1.82, 2.24) is 19.5 Å². The van der Waals surface area contributed by atoms with Gasteiger partial charge in [-0.1, -0.05) is 12.1 Å². The van der Waals surface area contributed by atoms with Gasteiger partial charge in [0.15, 0.2) is 11.2 Å². The number of anilines is 1. The first-order chi connectivity index (χ1) is 14.5. The molecule has 12 heteroatoms. The van der Waals surface area contributed by atoms with Gasteiger partial charge in [-0.2, -0.15) is 9.97 Å². The van der Waals surface area contributed by atoms with Gasteiger partial charge in [0.05, 0.1) is 30.6 Å². The van der Waals surface area contributed by atoms with Crippen LogP contribution in [0.25, 0.3) is 11.2 Å². The quantitative estimate of drug-likeness (QED) is 0.365. The van der Waals surface area contributed by atoms with Crippen LogP contribution in [0.15, 0.2) is 30.6 Å². The largest absolute Gasteiger partial charge is 0.476 e. The van der Waals surface area contributed by atoms with E-state index in [0.29, 0.717) is 17.6 Å². The molecule has 1 saturated heterocycles. The molecule has 4 rings (SSSR count). The first-order valence-corrected chi connectivity index (χ1v) is 9.27. The molecule has 2 aromatic heterocycles. The fourth-order valence-corrected chi connectivity index (χ4v) is 3.32. The highest BCUT2D eigenvalue weighted by Crippen LogP contribution is 2.32. The molecule has 1 fully saturated rings. The van der Waals surface area contributed by atoms with Gasteiger partial charge in [-0.05, 0) is 5.56 Å². The SMILES string of the molecule is Nc1nc(OCCc2ccc([N+](=O)[O-])cc2)c2ncn([C@H]3C[C@H](O)[C@@H](CO)O3)c2n1. The predicted octanol–water partition coefficient (Wildman–Crippen LogP) is 0.579. The third kappa shape index (κ3) is 3.87. The summed E-state index contributed by atoms with van der Waals surface area (Å²) in [5.74, 6) is 0.197. The summed E-state index contributed by atoms with van der Waals surface area (Å²) in [6, 6.07) is 6.21. The van der Waals surface area contributed by atoms with Crippen molar-refractivity contribution in [3.05, 3.63) is 46.3 Å². The van der Waals surface area contributed by atoms with Crippen molar-refractivity contribution < 1.29 is 24.6 Å². The van der Waals surface area contributed by atoms with Crippen molar-refractivity contribution in [2.75, 3.05) is 18.9 Å². The lowest BCUT2D eigenvalue weighted by atomic mass is 10.1. The predicted molar refractivity (Wildman–Crippen MR) is 104 cm³/mol. The van der Waals surface area contributed by atoms with E-state index in [1.807, 2.05) is 0 Å². The minimum Gasteiger partial charge on any atom is -0.476 e. The number of imidazole rings is 1. The maximum absolute atomic E-state index is 10.7. The van der Waals surface area contributed by atoms with Crippen LogP contribution in [0.1, 0.15) is 18.2 Å². The average Bonchev–Trinajstić information content (AvgIpc) is 3.31. The number of aliphatic hydroxyl groups excluding tert-OH is 2. The van der Waals surface area contributed by atoms with E-state index < -0.39 is 23.4 Å². The summed E-state index contributed by atoms with van der Waals surface area (Å²) in [4.78, 5) is 22.9. The Balaban J connectivity index is 1.49. The van der Waals surface area contributed by atoms with E-state index in [1.54, 1.807) is 16.7 Å². The van der Waals surface area contributed by atoms with Crippen LogP contribution < -0.4 is 10.5 Å². The summed E-state index contributed by atoms with van der Waals surface area (Å²) in [6.45, 7) is -0.0418. The number of aromatic nitrogens is 4. The summed E-state index contributed by atoms with van der Waals surface area (Å²) in [5.41, 5.74) is 7.50. The molecule has 3 atom stereocenters. The third-order valence-corrected chi connectivity index (χ3v) is 4.88. The van der Waals surface area contributed by atoms with Crippen molar-refractivity contribution >= 4 is 22.8 Å². The molecule has 158 valence electrons. The molecule has 3 aromatic rings. The molecule has 1 aromatic carbocycles. The number of nitrogen functional groups attached to an aromatic ring is 1. The van der Waals surface area contributed by atoms with Gasteiger partial charge in [0.25, 0.3) is 5.69 Å². The Morgan fingerprint density at radius 1 is 1.33 bits per heavy atom. The number of fused-ring (bicyclic) bond motifs is 1. The number of rotatable bonds is 7. The number of nitrogens with zero attached hydrogens (tertiary/aromatic N) is 5. The Hall–Kier alpha value is -3.35. The van der Waals surface area contributed by atoms with Crippen LogP contribution in [0, 0.1) is 10.1 Å². The zero-order valence-corrected chi connectivity index (χ0v) is 15.8. The molecule has 0 radical (unpaired) electrons. The summed E-state index contributed by atoms with van der Waals surface area (Å²) < 4.78 is 13.0. The number of benzene rings is 1. The van der Waals surface area contributed by atoms with E-state index in [-0.39, 0.29) is 37.2 Å². The van der Waals surface area contributed by atoms with Crippen LogP contribution in [0.3, 0.4) is 0 Å². The molecule has 0 unspecified atom stereocenters. The highest BCUT2D eigenvalue weighted by molar-refractivity contribution is 5.77. The first kappa shape index (κ1) is 19.9. The van der Waals surface area contributed by atoms with Crippen LogP contribution in [0.2, 0.25) is 0 Å². The normalized spacial score (nSPS) is 21.2. The molecule has 1 aliphatic rings. The summed E-state index contributed by atoms with van der Waals surface area (Å²) >= 11 is 0. The number of nitro benzene ring substituents is 1. The Morgan fingerprint density at radius 2 is 2.10 bits per heavy atom. The maximum Gasteiger partial charge on any atom is 0.269 e. The Kier molecular flexibility index (Phi) is 5.44. The first-order valence-electron chi connectivity index (χ1n) is 9.27. The van der Waals surface area contributed by atoms with Crippen molar-refractivity contribution in [3.8, 4) is 5.88 Å². The fraction of sp³-hybridized carbons (Fsp3) is 0.389. The lowest BCUT2D eigenvalue weighted by Gasteiger charge is -2.14. The second-order valence-corrected chi connectivity index (χ2v) is 6.85. The molecule has 0 spiro atoms. The van der Waals surface area contributed by atoms with Crippen LogP contribution in [0.5, 0.6) is 5.88 Å². The smallest absolute Gasteiger partial charge is 0.269 e. The molecule has 0 saturated carbocycles. The van der Waals surface area contributed by atoms with Crippen LogP contribution in [-0.2, 0) is 11.2 Å². The van der Waals surface area contributed by atoms with E-state index in [1.165, 1.54) is 18.5 Å². The monoisotopic (exact) mass is 416 g/mol. The lowest BCUT2D eigenvalue weighted by Crippen LogP contribution is -2.24. The standard InChI is InChI=1S/C18H20N6O6/c19-18-21-16-15(20-9-23(16)14-7-12(26)13(8-25)30-14)17(22-18)29-6-5-10-1-3-11(4-2-10)24(27)28/h1-4,9,12-14,25-26H,5-8H2,(H2,19,21,22)/t12-,13+,14+/m0/s1. The number of hydrogen-bond acceptors (Lipinski definition) is 10. The number of nitrogens with two attached hydrogens (primary N) is 1. The van der Waals surface area contributed by atoms with E-state index in [9.17, 15) is 20.3 Å². The Labute approximate surface area is 170 Å². The van der Waals surface area contributed by atoms with Gasteiger partial charge in [0, 0.05) is 25.0 Å². The summed E-state index contributed by atoms with van der Waals surface area (Å²) in [7, 11) is 0. The highest BCUT2D eigenvalue weighted by atomic mass is 16.6. The lowest BCUT2D eigenvalue weighted by molar-refractivity contribution is -0.384. The molecule has 12 nitrogen and oxygen atoms in total. The maximum atomic E-state index is 10.7. The van der Waals surface area contributed by atoms with E-state index in [4.69, 9.17) is 15.2 Å². The van der Waals surface area contributed by atoms with Gasteiger partial charge >= 0.3 is 0 Å². The fourth-order valence-electron chi connectivity index (χ4n) is 3.32. The third-order valence-electron chi connectivity index (χ3n) is 4.88. The molecule has 30 heavy (non-hydrogen) atoms. The summed E-state index contributed by atoms with van der Waals surface area (Å²) in [5, 5.41) is 30.0. The van der Waals surface area contributed by atoms with Gasteiger partial charge in [-0.25, -0.2) is 4.98 Å². The van der Waals surface area contributed by atoms with Crippen molar-refractivity contribution in [1.29, 1.82) is 0 Å². The van der Waals surface area contributed by atoms with Gasteiger partial charge in [-0.15, -0.1) is 0 Å². The molecule has 3 heterocycles. The van der Waals surface area contributed by atoms with Crippen LogP contribution in [0.4, 0.5) is 11.6 Å². The molecular formula is C18H20N6O6. The molecular weight excluding hydrogens is 396 g/mol. The number of ether oxygens (including phenoxy) is 2. The van der Waals surface area contributed by atoms with Crippen LogP contribution >= 0.6 is 0 Å². The Morgan fingerprint density at radius 3 is 2.77 bits per heavy atom. The number of non-ortho nitro benzene ring substituents is 1.